The molecule has 0 heterocycles. The van der Waals surface area contributed by atoms with Crippen molar-refractivity contribution in [1.82, 2.24) is 0 Å². The van der Waals surface area contributed by atoms with Gasteiger partial charge in [0.05, 0.1) is 5.56 Å². The molecule has 3 aromatic carbocycles. The minimum atomic E-state index is -4.44. The molecule has 0 unspecified atom stereocenters. The Morgan fingerprint density at radius 2 is 1.46 bits per heavy atom. The molecule has 0 spiro atoms. The summed E-state index contributed by atoms with van der Waals surface area (Å²) < 4.78 is 38.3. The van der Waals surface area contributed by atoms with E-state index in [1.807, 2.05) is 30.3 Å². The standard InChI is InChI=1S/C22H18F3NOS/c23-22(24,25)19-7-4-8-20(13-19)26-21(27)18-11-9-17(10-12-18)15-28-14-16-5-2-1-3-6-16/h1-13H,14-15H2,(H,26,27). The van der Waals surface area contributed by atoms with Crippen LogP contribution in [-0.2, 0) is 17.7 Å². The Hall–Kier alpha value is -2.73. The molecule has 0 atom stereocenters. The zero-order chi connectivity index (χ0) is 20.0. The second kappa shape index (κ2) is 8.97. The quantitative estimate of drug-likeness (QED) is 0.518. The molecule has 0 aliphatic rings. The summed E-state index contributed by atoms with van der Waals surface area (Å²) in [7, 11) is 0. The Kier molecular flexibility index (Phi) is 6.41. The lowest BCUT2D eigenvalue weighted by Crippen LogP contribution is -2.13. The monoisotopic (exact) mass is 401 g/mol. The lowest BCUT2D eigenvalue weighted by molar-refractivity contribution is -0.137. The van der Waals surface area contributed by atoms with E-state index in [1.165, 1.54) is 17.7 Å². The van der Waals surface area contributed by atoms with Crippen LogP contribution in [0.1, 0.15) is 27.0 Å². The molecule has 6 heteroatoms. The lowest BCUT2D eigenvalue weighted by atomic mass is 10.1. The Morgan fingerprint density at radius 1 is 0.821 bits per heavy atom. The fourth-order valence-corrected chi connectivity index (χ4v) is 3.55. The molecule has 3 aromatic rings. The van der Waals surface area contributed by atoms with Gasteiger partial charge in [-0.25, -0.2) is 0 Å². The maximum Gasteiger partial charge on any atom is 0.416 e. The molecule has 2 nitrogen and oxygen atoms in total. The Morgan fingerprint density at radius 3 is 2.11 bits per heavy atom. The van der Waals surface area contributed by atoms with Crippen LogP contribution >= 0.6 is 11.8 Å². The molecule has 0 saturated carbocycles. The summed E-state index contributed by atoms with van der Waals surface area (Å²) in [6.07, 6.45) is -4.44. The van der Waals surface area contributed by atoms with E-state index in [1.54, 1.807) is 23.9 Å². The van der Waals surface area contributed by atoms with Crippen molar-refractivity contribution in [3.05, 3.63) is 101 Å². The van der Waals surface area contributed by atoms with E-state index in [0.29, 0.717) is 5.56 Å². The molecule has 1 N–H and O–H groups in total. The summed E-state index contributed by atoms with van der Waals surface area (Å²) in [5.74, 6) is 1.27. The van der Waals surface area contributed by atoms with E-state index in [0.717, 1.165) is 29.2 Å². The van der Waals surface area contributed by atoms with Gasteiger partial charge in [-0.3, -0.25) is 4.79 Å². The predicted octanol–water partition coefficient (Wildman–Crippen LogP) is 6.39. The zero-order valence-electron chi connectivity index (χ0n) is 14.9. The highest BCUT2D eigenvalue weighted by atomic mass is 32.2. The summed E-state index contributed by atoms with van der Waals surface area (Å²) in [6, 6.07) is 21.8. The molecule has 144 valence electrons. The van der Waals surface area contributed by atoms with Crippen molar-refractivity contribution in [2.75, 3.05) is 5.32 Å². The number of benzene rings is 3. The molecule has 0 radical (unpaired) electrons. The third-order valence-corrected chi connectivity index (χ3v) is 5.12. The molecule has 1 amide bonds. The Balaban J connectivity index is 1.56. The van der Waals surface area contributed by atoms with Gasteiger partial charge in [-0.15, -0.1) is 0 Å². The molecule has 0 bridgehead atoms. The lowest BCUT2D eigenvalue weighted by Gasteiger charge is -2.10. The summed E-state index contributed by atoms with van der Waals surface area (Å²) in [4.78, 5) is 12.3. The normalized spacial score (nSPS) is 11.2. The maximum absolute atomic E-state index is 12.8. The van der Waals surface area contributed by atoms with Gasteiger partial charge in [-0.2, -0.15) is 24.9 Å². The molecule has 0 fully saturated rings. The summed E-state index contributed by atoms with van der Waals surface area (Å²) in [6.45, 7) is 0. The fourth-order valence-electron chi connectivity index (χ4n) is 2.59. The predicted molar refractivity (Wildman–Crippen MR) is 107 cm³/mol. The van der Waals surface area contributed by atoms with Gasteiger partial charge < -0.3 is 5.32 Å². The van der Waals surface area contributed by atoms with Gasteiger partial charge in [-0.05, 0) is 41.5 Å². The number of thioether (sulfide) groups is 1. The Bertz CT molecular complexity index is 925. The number of carbonyl (C=O) groups is 1. The maximum atomic E-state index is 12.8. The number of amides is 1. The van der Waals surface area contributed by atoms with Gasteiger partial charge in [0.25, 0.3) is 5.91 Å². The third kappa shape index (κ3) is 5.63. The third-order valence-electron chi connectivity index (χ3n) is 4.04. The minimum Gasteiger partial charge on any atom is -0.322 e. The van der Waals surface area contributed by atoms with Gasteiger partial charge in [0.1, 0.15) is 0 Å². The highest BCUT2D eigenvalue weighted by Gasteiger charge is 2.30. The zero-order valence-corrected chi connectivity index (χ0v) is 15.7. The largest absolute Gasteiger partial charge is 0.416 e. The molecular weight excluding hydrogens is 383 g/mol. The number of carbonyl (C=O) groups excluding carboxylic acids is 1. The smallest absolute Gasteiger partial charge is 0.322 e. The average Bonchev–Trinajstić information content (AvgIpc) is 2.69. The van der Waals surface area contributed by atoms with E-state index < -0.39 is 17.6 Å². The van der Waals surface area contributed by atoms with Crippen LogP contribution in [0.2, 0.25) is 0 Å². The van der Waals surface area contributed by atoms with E-state index in [9.17, 15) is 18.0 Å². The first-order valence-corrected chi connectivity index (χ1v) is 9.76. The van der Waals surface area contributed by atoms with Crippen molar-refractivity contribution in [3.63, 3.8) is 0 Å². The number of hydrogen-bond acceptors (Lipinski definition) is 2. The van der Waals surface area contributed by atoms with E-state index in [-0.39, 0.29) is 5.69 Å². The average molecular weight is 401 g/mol. The number of anilines is 1. The van der Waals surface area contributed by atoms with Gasteiger partial charge in [0, 0.05) is 22.8 Å². The van der Waals surface area contributed by atoms with Crippen LogP contribution in [0.3, 0.4) is 0 Å². The number of nitrogens with one attached hydrogen (secondary N) is 1. The van der Waals surface area contributed by atoms with E-state index in [2.05, 4.69) is 17.4 Å². The van der Waals surface area contributed by atoms with Crippen LogP contribution in [0.25, 0.3) is 0 Å². The minimum absolute atomic E-state index is 0.113. The second-order valence-corrected chi connectivity index (χ2v) is 7.19. The van der Waals surface area contributed by atoms with Gasteiger partial charge in [-0.1, -0.05) is 48.5 Å². The fraction of sp³-hybridized carbons (Fsp3) is 0.136. The Labute approximate surface area is 165 Å². The highest BCUT2D eigenvalue weighted by molar-refractivity contribution is 7.97. The summed E-state index contributed by atoms with van der Waals surface area (Å²) in [5.41, 5.74) is 2.05. The van der Waals surface area contributed by atoms with Gasteiger partial charge in [0.2, 0.25) is 0 Å². The molecular formula is C22H18F3NOS. The first-order chi connectivity index (χ1) is 13.4. The van der Waals surface area contributed by atoms with Crippen molar-refractivity contribution < 1.29 is 18.0 Å². The number of halogens is 3. The van der Waals surface area contributed by atoms with Crippen LogP contribution in [-0.4, -0.2) is 5.91 Å². The number of alkyl halides is 3. The number of rotatable bonds is 6. The van der Waals surface area contributed by atoms with Crippen molar-refractivity contribution >= 4 is 23.4 Å². The van der Waals surface area contributed by atoms with Crippen LogP contribution in [0.5, 0.6) is 0 Å². The van der Waals surface area contributed by atoms with Crippen molar-refractivity contribution in [2.45, 2.75) is 17.7 Å². The molecule has 3 rings (SSSR count). The molecule has 0 aliphatic carbocycles. The van der Waals surface area contributed by atoms with Gasteiger partial charge >= 0.3 is 6.18 Å². The van der Waals surface area contributed by atoms with Crippen molar-refractivity contribution in [3.8, 4) is 0 Å². The first-order valence-electron chi connectivity index (χ1n) is 8.61. The second-order valence-electron chi connectivity index (χ2n) is 6.21. The van der Waals surface area contributed by atoms with Crippen molar-refractivity contribution in [2.24, 2.45) is 0 Å². The summed E-state index contributed by atoms with van der Waals surface area (Å²) in [5, 5.41) is 2.51. The topological polar surface area (TPSA) is 29.1 Å². The first kappa shape index (κ1) is 20.0. The number of hydrogen-bond donors (Lipinski definition) is 1. The van der Waals surface area contributed by atoms with Crippen LogP contribution in [0.15, 0.2) is 78.9 Å². The van der Waals surface area contributed by atoms with E-state index in [4.69, 9.17) is 0 Å². The molecule has 0 aromatic heterocycles. The van der Waals surface area contributed by atoms with Crippen molar-refractivity contribution in [1.29, 1.82) is 0 Å². The van der Waals surface area contributed by atoms with Crippen LogP contribution < -0.4 is 5.32 Å². The SMILES string of the molecule is O=C(Nc1cccc(C(F)(F)F)c1)c1ccc(CSCc2ccccc2)cc1. The van der Waals surface area contributed by atoms with E-state index >= 15 is 0 Å². The van der Waals surface area contributed by atoms with Gasteiger partial charge in [0.15, 0.2) is 0 Å². The molecule has 0 aliphatic heterocycles. The summed E-state index contributed by atoms with van der Waals surface area (Å²) >= 11 is 1.77. The highest BCUT2D eigenvalue weighted by Crippen LogP contribution is 2.30. The molecule has 0 saturated heterocycles. The molecule has 28 heavy (non-hydrogen) atoms. The van der Waals surface area contributed by atoms with Crippen LogP contribution in [0.4, 0.5) is 18.9 Å². The van der Waals surface area contributed by atoms with Crippen LogP contribution in [0, 0.1) is 0 Å².